The standard InChI is InChI=1S/C38H49N9O5.C2HF3O2/c1-22(2)16-28-21-52-29-14-12-27(13-15-29)18-30(44-38(51)32-19-39-24(5)40-32)36(49)43-31(17-26-10-8-7-9-11-26)37(50)45-34(23(3)4)35-41-25(6)46-47(35)20-33(48)42-28;3-2(4,5)1(6)7/h7-15,19,22-23,28,30-31,34H,16-18,20-21H2,1-6H3,(H,39,40)(H,42,48)(H,43,49)(H,44,51)(H,45,50);(H,6,7)/t28-,30-,31-,34-;/m0./s1. The Morgan fingerprint density at radius 1 is 0.966 bits per heavy atom. The van der Waals surface area contributed by atoms with Crippen molar-refractivity contribution in [3.05, 3.63) is 95.1 Å². The number of aliphatic carboxylic acids is 1. The van der Waals surface area contributed by atoms with Crippen molar-refractivity contribution >= 4 is 29.6 Å². The van der Waals surface area contributed by atoms with Gasteiger partial charge in [-0.2, -0.15) is 18.3 Å². The first-order chi connectivity index (χ1) is 27.8. The molecule has 4 amide bonds. The maximum absolute atomic E-state index is 14.3. The number of carboxylic acids is 1. The van der Waals surface area contributed by atoms with Gasteiger partial charge in [0.2, 0.25) is 17.7 Å². The number of ether oxygens (including phenoxy) is 1. The van der Waals surface area contributed by atoms with Crippen LogP contribution in [0.5, 0.6) is 5.75 Å². The number of carbonyl (C=O) groups excluding carboxylic acids is 4. The molecule has 59 heavy (non-hydrogen) atoms. The third kappa shape index (κ3) is 14.0. The van der Waals surface area contributed by atoms with Gasteiger partial charge in [0.25, 0.3) is 5.91 Å². The Kier molecular flexibility index (Phi) is 15.7. The van der Waals surface area contributed by atoms with Crippen LogP contribution in [0, 0.1) is 25.7 Å². The molecule has 0 fully saturated rings. The number of imidazole rings is 1. The number of aryl methyl sites for hydroxylation is 2. The minimum atomic E-state index is -5.08. The number of carboxylic acid groups (broad SMARTS) is 1. The number of rotatable bonds is 7. The van der Waals surface area contributed by atoms with E-state index in [2.05, 4.69) is 55.2 Å². The van der Waals surface area contributed by atoms with Crippen molar-refractivity contribution in [2.24, 2.45) is 11.8 Å². The van der Waals surface area contributed by atoms with Gasteiger partial charge in [0.15, 0.2) is 5.82 Å². The van der Waals surface area contributed by atoms with Crippen LogP contribution in [0.1, 0.15) is 79.2 Å². The number of halogens is 3. The smallest absolute Gasteiger partial charge is 0.490 e. The van der Waals surface area contributed by atoms with Gasteiger partial charge in [-0.3, -0.25) is 19.2 Å². The van der Waals surface area contributed by atoms with Gasteiger partial charge < -0.3 is 36.1 Å². The molecule has 6 rings (SSSR count). The minimum Gasteiger partial charge on any atom is -0.491 e. The third-order valence-electron chi connectivity index (χ3n) is 9.01. The second kappa shape index (κ2) is 20.4. The van der Waals surface area contributed by atoms with E-state index in [0.29, 0.717) is 35.6 Å². The van der Waals surface area contributed by atoms with Crippen molar-refractivity contribution in [3.63, 3.8) is 0 Å². The van der Waals surface area contributed by atoms with E-state index in [9.17, 15) is 32.3 Å². The number of hydrogen-bond donors (Lipinski definition) is 6. The molecule has 0 aliphatic carbocycles. The maximum Gasteiger partial charge on any atom is 0.490 e. The SMILES string of the molecule is Cc1nc2n(n1)CC(=O)N[C@@H](CC(C)C)COc1ccc(cc1)C[C@H](NC(=O)c1cnc(C)[nH]1)C(=O)N[C@@H](Cc1ccccc1)C(=O)N[C@H]2C(C)C.O=C(O)C(F)(F)F. The molecule has 2 aliphatic rings. The molecule has 4 aromatic rings. The molecule has 2 aromatic carbocycles. The van der Waals surface area contributed by atoms with Gasteiger partial charge in [-0.15, -0.1) is 0 Å². The van der Waals surface area contributed by atoms with Crippen molar-refractivity contribution in [2.45, 2.75) is 97.7 Å². The number of H-pyrrole nitrogens is 1. The van der Waals surface area contributed by atoms with Crippen LogP contribution in [0.15, 0.2) is 60.8 Å². The Morgan fingerprint density at radius 3 is 2.20 bits per heavy atom. The van der Waals surface area contributed by atoms with Crippen LogP contribution in [0.4, 0.5) is 13.2 Å². The summed E-state index contributed by atoms with van der Waals surface area (Å²) < 4.78 is 39.4. The number of aromatic amines is 1. The zero-order chi connectivity index (χ0) is 43.4. The van der Waals surface area contributed by atoms with Gasteiger partial charge in [0, 0.05) is 12.8 Å². The van der Waals surface area contributed by atoms with Gasteiger partial charge in [0.1, 0.15) is 48.3 Å². The quantitative estimate of drug-likeness (QED) is 0.158. The van der Waals surface area contributed by atoms with E-state index < -0.39 is 48.0 Å². The number of alkyl halides is 3. The summed E-state index contributed by atoms with van der Waals surface area (Å²) in [5.74, 6) is -2.36. The van der Waals surface area contributed by atoms with Crippen molar-refractivity contribution in [1.29, 1.82) is 0 Å². The van der Waals surface area contributed by atoms with Crippen LogP contribution in [0.25, 0.3) is 0 Å². The van der Waals surface area contributed by atoms with Gasteiger partial charge >= 0.3 is 12.1 Å². The fourth-order valence-electron chi connectivity index (χ4n) is 6.22. The second-order valence-corrected chi connectivity index (χ2v) is 14.9. The molecule has 6 N–H and O–H groups in total. The van der Waals surface area contributed by atoms with E-state index in [4.69, 9.17) is 14.6 Å². The third-order valence-corrected chi connectivity index (χ3v) is 9.01. The number of benzene rings is 2. The predicted octanol–water partition coefficient (Wildman–Crippen LogP) is 3.76. The molecule has 2 aliphatic heterocycles. The fraction of sp³-hybridized carbons (Fsp3) is 0.450. The lowest BCUT2D eigenvalue weighted by atomic mass is 10.00. The largest absolute Gasteiger partial charge is 0.491 e. The summed E-state index contributed by atoms with van der Waals surface area (Å²) in [6, 6.07) is 13.6. The Labute approximate surface area is 339 Å². The zero-order valence-corrected chi connectivity index (χ0v) is 33.6. The van der Waals surface area contributed by atoms with Crippen LogP contribution in [-0.4, -0.2) is 90.3 Å². The molecule has 2 bridgehead atoms. The van der Waals surface area contributed by atoms with E-state index >= 15 is 0 Å². The number of fused-ring (bicyclic) bond motifs is 14. The molecule has 0 saturated heterocycles. The summed E-state index contributed by atoms with van der Waals surface area (Å²) in [4.78, 5) is 75.7. The van der Waals surface area contributed by atoms with Crippen LogP contribution in [-0.2, 0) is 38.6 Å². The summed E-state index contributed by atoms with van der Waals surface area (Å²) in [6.45, 7) is 11.6. The van der Waals surface area contributed by atoms with Crippen molar-refractivity contribution in [2.75, 3.05) is 6.61 Å². The molecule has 4 atom stereocenters. The summed E-state index contributed by atoms with van der Waals surface area (Å²) in [7, 11) is 0. The fourth-order valence-corrected chi connectivity index (χ4v) is 6.22. The van der Waals surface area contributed by atoms with Crippen molar-refractivity contribution < 1.29 is 47.0 Å². The number of nitrogens with one attached hydrogen (secondary N) is 5. The molecule has 2 aromatic heterocycles. The van der Waals surface area contributed by atoms with Gasteiger partial charge in [-0.05, 0) is 55.4 Å². The van der Waals surface area contributed by atoms with Crippen molar-refractivity contribution in [3.8, 4) is 5.75 Å². The lowest BCUT2D eigenvalue weighted by molar-refractivity contribution is -0.192. The summed E-state index contributed by atoms with van der Waals surface area (Å²) >= 11 is 0. The molecular weight excluding hydrogens is 775 g/mol. The summed E-state index contributed by atoms with van der Waals surface area (Å²) in [5.41, 5.74) is 1.80. The first-order valence-corrected chi connectivity index (χ1v) is 19.0. The zero-order valence-electron chi connectivity index (χ0n) is 33.6. The number of carbonyl (C=O) groups is 5. The maximum atomic E-state index is 14.3. The minimum absolute atomic E-state index is 0.111. The Morgan fingerprint density at radius 2 is 1.63 bits per heavy atom. The van der Waals surface area contributed by atoms with E-state index in [-0.39, 0.29) is 49.6 Å². The Bertz CT molecular complexity index is 2050. The lowest BCUT2D eigenvalue weighted by Gasteiger charge is -2.27. The number of aromatic nitrogens is 5. The highest BCUT2D eigenvalue weighted by Crippen LogP contribution is 2.22. The van der Waals surface area contributed by atoms with Crippen LogP contribution in [0.2, 0.25) is 0 Å². The molecule has 0 radical (unpaired) electrons. The van der Waals surface area contributed by atoms with Crippen molar-refractivity contribution in [1.82, 2.24) is 46.0 Å². The van der Waals surface area contributed by atoms with E-state index in [1.54, 1.807) is 26.0 Å². The molecule has 318 valence electrons. The average Bonchev–Trinajstić information content (AvgIpc) is 3.76. The lowest BCUT2D eigenvalue weighted by Crippen LogP contribution is -2.55. The highest BCUT2D eigenvalue weighted by Gasteiger charge is 2.38. The molecule has 0 spiro atoms. The number of nitrogens with zero attached hydrogens (tertiary/aromatic N) is 4. The van der Waals surface area contributed by atoms with Crippen LogP contribution >= 0.6 is 0 Å². The highest BCUT2D eigenvalue weighted by molar-refractivity contribution is 5.97. The predicted molar refractivity (Wildman–Crippen MR) is 208 cm³/mol. The molecule has 0 saturated carbocycles. The van der Waals surface area contributed by atoms with Crippen LogP contribution < -0.4 is 26.0 Å². The molecule has 0 unspecified atom stereocenters. The Balaban J connectivity index is 0.00000101. The number of amides is 4. The monoisotopic (exact) mass is 825 g/mol. The summed E-state index contributed by atoms with van der Waals surface area (Å²) in [5, 5.41) is 23.6. The highest BCUT2D eigenvalue weighted by atomic mass is 19.4. The molecule has 16 nitrogen and oxygen atoms in total. The van der Waals surface area contributed by atoms with E-state index in [0.717, 1.165) is 11.1 Å². The normalized spacial score (nSPS) is 19.3. The van der Waals surface area contributed by atoms with Gasteiger partial charge in [-0.1, -0.05) is 70.2 Å². The number of hydrogen-bond acceptors (Lipinski definition) is 9. The van der Waals surface area contributed by atoms with E-state index in [1.165, 1.54) is 10.9 Å². The summed E-state index contributed by atoms with van der Waals surface area (Å²) in [6.07, 6.45) is -2.67. The molecule has 4 heterocycles. The molecule has 19 heteroatoms. The van der Waals surface area contributed by atoms with Crippen LogP contribution in [0.3, 0.4) is 0 Å². The van der Waals surface area contributed by atoms with E-state index in [1.807, 2.05) is 56.3 Å². The first-order valence-electron chi connectivity index (χ1n) is 19.0. The Hall–Kier alpha value is -6.27. The second-order valence-electron chi connectivity index (χ2n) is 14.9. The topological polar surface area (TPSA) is 222 Å². The van der Waals surface area contributed by atoms with Gasteiger partial charge in [0.05, 0.1) is 18.3 Å². The molecular formula is C40H50F3N9O7. The first kappa shape index (κ1) is 45.4. The average molecular weight is 826 g/mol. The van der Waals surface area contributed by atoms with Gasteiger partial charge in [-0.25, -0.2) is 19.4 Å².